The third kappa shape index (κ3) is 7.62. The van der Waals surface area contributed by atoms with E-state index < -0.39 is 10.0 Å². The van der Waals surface area contributed by atoms with E-state index in [0.717, 1.165) is 19.3 Å². The Balaban J connectivity index is 2.51. The molecule has 126 valence electrons. The van der Waals surface area contributed by atoms with Crippen LogP contribution in [0.3, 0.4) is 0 Å². The lowest BCUT2D eigenvalue weighted by Crippen LogP contribution is -2.35. The number of nitrogens with one attached hydrogen (secondary N) is 2. The van der Waals surface area contributed by atoms with Crippen molar-refractivity contribution in [3.05, 3.63) is 55.1 Å². The first-order valence-electron chi connectivity index (χ1n) is 7.16. The third-order valence-corrected chi connectivity index (χ3v) is 3.55. The van der Waals surface area contributed by atoms with Crippen molar-refractivity contribution in [2.75, 3.05) is 37.2 Å². The smallest absolute Gasteiger partial charge is 0.251 e. The summed E-state index contributed by atoms with van der Waals surface area (Å²) < 4.78 is 24.6. The van der Waals surface area contributed by atoms with Crippen molar-refractivity contribution in [1.82, 2.24) is 10.2 Å². The van der Waals surface area contributed by atoms with Gasteiger partial charge in [0, 0.05) is 37.4 Å². The van der Waals surface area contributed by atoms with Crippen LogP contribution in [-0.2, 0) is 10.0 Å². The molecular weight excluding hydrogens is 314 g/mol. The number of amides is 1. The second-order valence-corrected chi connectivity index (χ2v) is 6.79. The topological polar surface area (TPSA) is 78.5 Å². The lowest BCUT2D eigenvalue weighted by atomic mass is 10.2. The van der Waals surface area contributed by atoms with Crippen LogP contribution in [0, 0.1) is 0 Å². The number of carbonyl (C=O) groups excluding carboxylic acids is 1. The van der Waals surface area contributed by atoms with Crippen molar-refractivity contribution in [1.29, 1.82) is 0 Å². The molecule has 1 aromatic carbocycles. The number of nitrogens with zero attached hydrogens (tertiary/aromatic N) is 1. The summed E-state index contributed by atoms with van der Waals surface area (Å²) in [6.45, 7) is 10.0. The molecule has 1 rings (SSSR count). The van der Waals surface area contributed by atoms with Gasteiger partial charge in [0.05, 0.1) is 6.26 Å². The van der Waals surface area contributed by atoms with Crippen LogP contribution >= 0.6 is 0 Å². The molecule has 7 heteroatoms. The summed E-state index contributed by atoms with van der Waals surface area (Å²) >= 11 is 0. The monoisotopic (exact) mass is 337 g/mol. The van der Waals surface area contributed by atoms with Gasteiger partial charge in [0.15, 0.2) is 0 Å². The van der Waals surface area contributed by atoms with E-state index in [1.165, 1.54) is 0 Å². The fraction of sp³-hybridized carbons (Fsp3) is 0.312. The van der Waals surface area contributed by atoms with Crippen LogP contribution in [-0.4, -0.2) is 51.7 Å². The quantitative estimate of drug-likeness (QED) is 0.634. The van der Waals surface area contributed by atoms with Gasteiger partial charge in [-0.05, 0) is 24.3 Å². The highest BCUT2D eigenvalue weighted by atomic mass is 32.2. The van der Waals surface area contributed by atoms with Crippen LogP contribution in [0.25, 0.3) is 0 Å². The number of hydrogen-bond donors (Lipinski definition) is 2. The molecule has 0 aliphatic carbocycles. The summed E-state index contributed by atoms with van der Waals surface area (Å²) in [4.78, 5) is 14.1. The van der Waals surface area contributed by atoms with Gasteiger partial charge in [-0.1, -0.05) is 12.2 Å². The van der Waals surface area contributed by atoms with E-state index in [1.54, 1.807) is 36.4 Å². The van der Waals surface area contributed by atoms with Crippen LogP contribution in [0.4, 0.5) is 5.69 Å². The van der Waals surface area contributed by atoms with Gasteiger partial charge in [-0.2, -0.15) is 0 Å². The van der Waals surface area contributed by atoms with Crippen LogP contribution in [0.2, 0.25) is 0 Å². The largest absolute Gasteiger partial charge is 0.351 e. The summed E-state index contributed by atoms with van der Waals surface area (Å²) in [7, 11) is -3.32. The molecule has 2 N–H and O–H groups in total. The van der Waals surface area contributed by atoms with Crippen molar-refractivity contribution in [3.63, 3.8) is 0 Å². The molecule has 0 bridgehead atoms. The number of hydrogen-bond acceptors (Lipinski definition) is 4. The lowest BCUT2D eigenvalue weighted by Gasteiger charge is -2.18. The maximum absolute atomic E-state index is 12.0. The average Bonchev–Trinajstić information content (AvgIpc) is 2.46. The van der Waals surface area contributed by atoms with Crippen LogP contribution in [0.15, 0.2) is 49.6 Å². The fourth-order valence-electron chi connectivity index (χ4n) is 1.96. The van der Waals surface area contributed by atoms with E-state index in [4.69, 9.17) is 0 Å². The van der Waals surface area contributed by atoms with E-state index in [0.29, 0.717) is 24.3 Å². The first kappa shape index (κ1) is 18.9. The number of sulfonamides is 1. The zero-order chi connectivity index (χ0) is 17.3. The average molecular weight is 337 g/mol. The number of carbonyl (C=O) groups is 1. The van der Waals surface area contributed by atoms with Crippen LogP contribution in [0.1, 0.15) is 10.4 Å². The zero-order valence-corrected chi connectivity index (χ0v) is 14.1. The zero-order valence-electron chi connectivity index (χ0n) is 13.3. The molecule has 6 nitrogen and oxygen atoms in total. The third-order valence-electron chi connectivity index (χ3n) is 2.94. The Bertz CT molecular complexity index is 629. The minimum absolute atomic E-state index is 0.201. The lowest BCUT2D eigenvalue weighted by molar-refractivity contribution is 0.0949. The SMILES string of the molecule is C=CCN(CC=C)CCNC(=O)c1ccc(NS(C)(=O)=O)cc1. The van der Waals surface area contributed by atoms with Gasteiger partial charge in [0.25, 0.3) is 5.91 Å². The van der Waals surface area contributed by atoms with Gasteiger partial charge in [-0.15, -0.1) is 13.2 Å². The predicted octanol–water partition coefficient (Wildman–Crippen LogP) is 1.46. The summed E-state index contributed by atoms with van der Waals surface area (Å²) in [6.07, 6.45) is 4.68. The molecule has 0 heterocycles. The van der Waals surface area contributed by atoms with Gasteiger partial charge in [-0.3, -0.25) is 14.4 Å². The Morgan fingerprint density at radius 2 is 1.74 bits per heavy atom. The van der Waals surface area contributed by atoms with Crippen LogP contribution in [0.5, 0.6) is 0 Å². The van der Waals surface area contributed by atoms with E-state index in [2.05, 4.69) is 28.1 Å². The molecule has 0 aliphatic heterocycles. The van der Waals surface area contributed by atoms with Gasteiger partial charge in [-0.25, -0.2) is 8.42 Å². The summed E-state index contributed by atoms with van der Waals surface area (Å²) in [5.74, 6) is -0.201. The maximum atomic E-state index is 12.0. The molecular formula is C16H23N3O3S. The van der Waals surface area contributed by atoms with E-state index in [9.17, 15) is 13.2 Å². The molecule has 0 radical (unpaired) electrons. The first-order valence-corrected chi connectivity index (χ1v) is 9.05. The molecule has 1 amide bonds. The number of anilines is 1. The predicted molar refractivity (Wildman–Crippen MR) is 94.1 cm³/mol. The van der Waals surface area contributed by atoms with Gasteiger partial charge < -0.3 is 5.32 Å². The van der Waals surface area contributed by atoms with Crippen molar-refractivity contribution in [3.8, 4) is 0 Å². The highest BCUT2D eigenvalue weighted by Crippen LogP contribution is 2.10. The Labute approximate surface area is 137 Å². The van der Waals surface area contributed by atoms with Gasteiger partial charge in [0.2, 0.25) is 10.0 Å². The molecule has 23 heavy (non-hydrogen) atoms. The van der Waals surface area contributed by atoms with Gasteiger partial charge >= 0.3 is 0 Å². The molecule has 0 fully saturated rings. The second kappa shape index (κ2) is 9.12. The Morgan fingerprint density at radius 3 is 2.22 bits per heavy atom. The Hall–Kier alpha value is -2.12. The summed E-state index contributed by atoms with van der Waals surface area (Å²) in [5, 5.41) is 2.83. The minimum atomic E-state index is -3.32. The minimum Gasteiger partial charge on any atom is -0.351 e. The van der Waals surface area contributed by atoms with E-state index >= 15 is 0 Å². The molecule has 0 saturated carbocycles. The highest BCUT2D eigenvalue weighted by Gasteiger charge is 2.07. The first-order chi connectivity index (χ1) is 10.9. The number of rotatable bonds is 10. The normalized spacial score (nSPS) is 11.0. The molecule has 0 aliphatic rings. The molecule has 0 spiro atoms. The summed E-state index contributed by atoms with van der Waals surface area (Å²) in [5.41, 5.74) is 0.898. The Kier molecular flexibility index (Phi) is 7.50. The maximum Gasteiger partial charge on any atom is 0.251 e. The molecule has 1 aromatic rings. The molecule has 0 unspecified atom stereocenters. The number of benzene rings is 1. The summed E-state index contributed by atoms with van der Waals surface area (Å²) in [6, 6.07) is 6.26. The fourth-order valence-corrected chi connectivity index (χ4v) is 2.52. The molecule has 0 atom stereocenters. The van der Waals surface area contributed by atoms with E-state index in [1.807, 2.05) is 0 Å². The van der Waals surface area contributed by atoms with Crippen molar-refractivity contribution in [2.45, 2.75) is 0 Å². The standard InChI is InChI=1S/C16H23N3O3S/c1-4-11-19(12-5-2)13-10-17-16(20)14-6-8-15(9-7-14)18-23(3,21)22/h4-9,18H,1-2,10-13H2,3H3,(H,17,20). The molecule has 0 saturated heterocycles. The molecule has 0 aromatic heterocycles. The van der Waals surface area contributed by atoms with Crippen molar-refractivity contribution >= 4 is 21.6 Å². The second-order valence-electron chi connectivity index (χ2n) is 5.04. The van der Waals surface area contributed by atoms with E-state index in [-0.39, 0.29) is 5.91 Å². The van der Waals surface area contributed by atoms with Crippen molar-refractivity contribution < 1.29 is 13.2 Å². The highest BCUT2D eigenvalue weighted by molar-refractivity contribution is 7.92. The van der Waals surface area contributed by atoms with Gasteiger partial charge in [0.1, 0.15) is 0 Å². The Morgan fingerprint density at radius 1 is 1.17 bits per heavy atom. The van der Waals surface area contributed by atoms with Crippen molar-refractivity contribution in [2.24, 2.45) is 0 Å². The van der Waals surface area contributed by atoms with Crippen LogP contribution < -0.4 is 10.0 Å².